The Bertz CT molecular complexity index is 1520. The zero-order chi connectivity index (χ0) is 41.8. The number of ether oxygens (including phenoxy) is 6. The van der Waals surface area contributed by atoms with Crippen molar-refractivity contribution in [1.82, 2.24) is 0 Å². The Morgan fingerprint density at radius 3 is 2.02 bits per heavy atom. The fourth-order valence-electron chi connectivity index (χ4n) is 5.69. The molecule has 0 saturated heterocycles. The molecule has 1 saturated carbocycles. The van der Waals surface area contributed by atoms with Crippen molar-refractivity contribution in [2.24, 2.45) is 28.1 Å². The molecule has 12 heteroatoms. The zero-order valence-electron chi connectivity index (χ0n) is 33.6. The average molecular weight is 785 g/mol. The molecule has 1 fully saturated rings. The van der Waals surface area contributed by atoms with E-state index in [1.54, 1.807) is 71.0 Å². The van der Waals surface area contributed by atoms with Crippen molar-refractivity contribution >= 4 is 24.1 Å². The number of hydrogen-bond donors (Lipinski definition) is 0. The van der Waals surface area contributed by atoms with Gasteiger partial charge in [0.25, 0.3) is 5.92 Å². The van der Waals surface area contributed by atoms with Crippen LogP contribution < -0.4 is 4.74 Å². The minimum absolute atomic E-state index is 0.0579. The third kappa shape index (κ3) is 17.7. The van der Waals surface area contributed by atoms with Gasteiger partial charge in [-0.2, -0.15) is 8.78 Å². The summed E-state index contributed by atoms with van der Waals surface area (Å²) >= 11 is 0. The summed E-state index contributed by atoms with van der Waals surface area (Å²) in [5.74, 6) is 0.772. The van der Waals surface area contributed by atoms with E-state index < -0.39 is 59.1 Å². The second kappa shape index (κ2) is 22.6. The second-order valence-corrected chi connectivity index (χ2v) is 15.9. The summed E-state index contributed by atoms with van der Waals surface area (Å²) in [6.07, 6.45) is 19.9. The number of carbonyl (C=O) groups is 4. The minimum atomic E-state index is -3.07. The van der Waals surface area contributed by atoms with Crippen molar-refractivity contribution in [3.63, 3.8) is 0 Å². The van der Waals surface area contributed by atoms with Gasteiger partial charge in [-0.25, -0.2) is 4.79 Å². The molecule has 1 aliphatic rings. The van der Waals surface area contributed by atoms with E-state index in [1.807, 2.05) is 12.2 Å². The van der Waals surface area contributed by atoms with E-state index in [-0.39, 0.29) is 50.9 Å². The largest absolute Gasteiger partial charge is 0.511 e. The maximum atomic E-state index is 14.4. The maximum absolute atomic E-state index is 14.4. The van der Waals surface area contributed by atoms with E-state index in [2.05, 4.69) is 11.8 Å². The molecule has 308 valence electrons. The van der Waals surface area contributed by atoms with Gasteiger partial charge in [0, 0.05) is 26.2 Å². The molecule has 0 aliphatic heterocycles. The summed E-state index contributed by atoms with van der Waals surface area (Å²) in [6.45, 7) is 7.84. The number of unbranched alkanes of at least 4 members (excludes halogenated alkanes) is 1. The van der Waals surface area contributed by atoms with Crippen molar-refractivity contribution in [2.45, 2.75) is 112 Å². The van der Waals surface area contributed by atoms with Gasteiger partial charge in [0.2, 0.25) is 6.29 Å². The number of allylic oxidation sites excluding steroid dienone is 3. The van der Waals surface area contributed by atoms with Gasteiger partial charge in [-0.05, 0) is 96.8 Å². The van der Waals surface area contributed by atoms with Crippen LogP contribution in [0.1, 0.15) is 99.3 Å². The fraction of sp³-hybridized carbons (Fsp3) is 0.591. The lowest BCUT2D eigenvalue weighted by Crippen LogP contribution is -2.40. The van der Waals surface area contributed by atoms with Crippen molar-refractivity contribution in [1.29, 1.82) is 0 Å². The number of benzene rings is 1. The molecular formula is C44H58F2O10. The fourth-order valence-corrected chi connectivity index (χ4v) is 5.69. The summed E-state index contributed by atoms with van der Waals surface area (Å²) in [6, 6.07) is 8.53. The molecule has 0 heterocycles. The lowest BCUT2D eigenvalue weighted by Gasteiger charge is -2.31. The molecule has 0 bridgehead atoms. The molecule has 0 spiro atoms. The van der Waals surface area contributed by atoms with Crippen LogP contribution in [0, 0.1) is 52.8 Å². The molecule has 1 aliphatic carbocycles. The van der Waals surface area contributed by atoms with Crippen molar-refractivity contribution in [3.8, 4) is 30.4 Å². The van der Waals surface area contributed by atoms with E-state index in [0.717, 1.165) is 31.8 Å². The first-order valence-corrected chi connectivity index (χ1v) is 19.0. The number of halogens is 2. The highest BCUT2D eigenvalue weighted by atomic mass is 19.3. The molecule has 0 aromatic heterocycles. The maximum Gasteiger partial charge on any atom is 0.511 e. The highest BCUT2D eigenvalue weighted by Gasteiger charge is 2.37. The molecular weight excluding hydrogens is 726 g/mol. The highest BCUT2D eigenvalue weighted by molar-refractivity contribution is 5.77. The van der Waals surface area contributed by atoms with Gasteiger partial charge in [-0.3, -0.25) is 14.4 Å². The molecule has 3 atom stereocenters. The van der Waals surface area contributed by atoms with Crippen LogP contribution in [0.25, 0.3) is 0 Å². The molecule has 1 unspecified atom stereocenters. The third-order valence-electron chi connectivity index (χ3n) is 9.23. The predicted molar refractivity (Wildman–Crippen MR) is 207 cm³/mol. The van der Waals surface area contributed by atoms with Gasteiger partial charge in [0.1, 0.15) is 25.6 Å². The Kier molecular flexibility index (Phi) is 19.1. The van der Waals surface area contributed by atoms with Gasteiger partial charge in [-0.15, -0.1) is 24.7 Å². The molecule has 56 heavy (non-hydrogen) atoms. The Morgan fingerprint density at radius 2 is 1.43 bits per heavy atom. The van der Waals surface area contributed by atoms with E-state index in [1.165, 1.54) is 6.92 Å². The first-order chi connectivity index (χ1) is 26.3. The molecule has 10 nitrogen and oxygen atoms in total. The molecule has 2 rings (SSSR count). The summed E-state index contributed by atoms with van der Waals surface area (Å²) in [7, 11) is 0. The molecule has 0 amide bonds. The Balaban J connectivity index is 1.78. The summed E-state index contributed by atoms with van der Waals surface area (Å²) < 4.78 is 60.6. The number of rotatable bonds is 23. The van der Waals surface area contributed by atoms with Gasteiger partial charge < -0.3 is 28.4 Å². The van der Waals surface area contributed by atoms with Crippen LogP contribution in [0.15, 0.2) is 54.6 Å². The molecule has 0 N–H and O–H groups in total. The SMILES string of the molecule is C#CCC(C)(C)C(=O)OCC(C)(COC(=O)OC(C)OC(=O)CCC/C=C\C[C@H]1CCC[C@@H]1/C=C/C(F)(F)COc1ccccc1)COC(=O)C(C)(C)CC#C. The van der Waals surface area contributed by atoms with Gasteiger partial charge in [0.05, 0.1) is 16.2 Å². The number of terminal acetylenes is 2. The number of esters is 3. The quantitative estimate of drug-likeness (QED) is 0.0265. The number of hydrogen-bond acceptors (Lipinski definition) is 10. The second-order valence-electron chi connectivity index (χ2n) is 15.9. The van der Waals surface area contributed by atoms with Crippen LogP contribution >= 0.6 is 0 Å². The third-order valence-corrected chi connectivity index (χ3v) is 9.23. The van der Waals surface area contributed by atoms with Crippen LogP contribution in [0.3, 0.4) is 0 Å². The van der Waals surface area contributed by atoms with Crippen LogP contribution in [-0.4, -0.2) is 62.7 Å². The van der Waals surface area contributed by atoms with E-state index in [0.29, 0.717) is 18.6 Å². The first-order valence-electron chi connectivity index (χ1n) is 19.0. The number of para-hydroxylation sites is 1. The van der Waals surface area contributed by atoms with Crippen molar-refractivity contribution in [3.05, 3.63) is 54.6 Å². The highest BCUT2D eigenvalue weighted by Crippen LogP contribution is 2.36. The standard InChI is InChI=1S/C44H58F2O10/c1-9-26-41(4,5)38(48)52-29-43(8,30-53-39(49)42(6,7)27-10-2)31-54-40(50)56-33(3)55-37(47)24-17-12-11-14-19-34-20-18-21-35(34)25-28-44(45,46)32-51-36-22-15-13-16-23-36/h1-2,11,13-16,22-23,25,28,33-35H,12,17-21,24,26-27,29-32H2,3-8H3/b14-11-,28-25+/t33?,34-,35+/m0/s1. The van der Waals surface area contributed by atoms with Crippen LogP contribution in [0.5, 0.6) is 5.75 Å². The van der Waals surface area contributed by atoms with Gasteiger partial charge >= 0.3 is 24.1 Å². The normalized spacial score (nSPS) is 16.8. The van der Waals surface area contributed by atoms with Crippen LogP contribution in [0.2, 0.25) is 0 Å². The Hall–Kier alpha value is -4.84. The van der Waals surface area contributed by atoms with Gasteiger partial charge in [-0.1, -0.05) is 42.8 Å². The minimum Gasteiger partial charge on any atom is -0.487 e. The van der Waals surface area contributed by atoms with E-state index in [9.17, 15) is 28.0 Å². The van der Waals surface area contributed by atoms with Crippen molar-refractivity contribution in [2.75, 3.05) is 26.4 Å². The van der Waals surface area contributed by atoms with E-state index in [4.69, 9.17) is 41.3 Å². The van der Waals surface area contributed by atoms with E-state index >= 15 is 0 Å². The van der Waals surface area contributed by atoms with Crippen LogP contribution in [-0.2, 0) is 38.1 Å². The molecule has 1 aromatic rings. The Labute approximate surface area is 331 Å². The summed E-state index contributed by atoms with van der Waals surface area (Å²) in [5, 5.41) is 0. The predicted octanol–water partition coefficient (Wildman–Crippen LogP) is 9.02. The number of carbonyl (C=O) groups excluding carboxylic acids is 4. The van der Waals surface area contributed by atoms with Crippen LogP contribution in [0.4, 0.5) is 13.6 Å². The van der Waals surface area contributed by atoms with Gasteiger partial charge in [0.15, 0.2) is 6.61 Å². The summed E-state index contributed by atoms with van der Waals surface area (Å²) in [4.78, 5) is 50.3. The summed E-state index contributed by atoms with van der Waals surface area (Å²) in [5.41, 5.74) is -3.13. The molecule has 1 aromatic carbocycles. The monoisotopic (exact) mass is 784 g/mol. The lowest BCUT2D eigenvalue weighted by molar-refractivity contribution is -0.170. The Morgan fingerprint density at radius 1 is 0.839 bits per heavy atom. The topological polar surface area (TPSA) is 124 Å². The molecule has 0 radical (unpaired) electrons. The first kappa shape index (κ1) is 47.3. The average Bonchev–Trinajstić information content (AvgIpc) is 3.59. The number of alkyl halides is 2. The zero-order valence-corrected chi connectivity index (χ0v) is 33.6. The lowest BCUT2D eigenvalue weighted by atomic mass is 9.89. The van der Waals surface area contributed by atoms with Crippen molar-refractivity contribution < 1.29 is 56.4 Å². The smallest absolute Gasteiger partial charge is 0.487 e.